The Morgan fingerprint density at radius 1 is 1.26 bits per heavy atom. The number of rotatable bonds is 3. The predicted molar refractivity (Wildman–Crippen MR) is 72.3 cm³/mol. The van der Waals surface area contributed by atoms with E-state index < -0.39 is 0 Å². The highest BCUT2D eigenvalue weighted by molar-refractivity contribution is 5.79. The van der Waals surface area contributed by atoms with Gasteiger partial charge in [-0.25, -0.2) is 0 Å². The van der Waals surface area contributed by atoms with Gasteiger partial charge in [-0.1, -0.05) is 0 Å². The smallest absolute Gasteiger partial charge is 0.237 e. The SMILES string of the molecule is N#C[C@@H]1CCCN1C(=O)CNC1CCC2(CC1)CC2. The first-order valence-electron chi connectivity index (χ1n) is 7.65. The quantitative estimate of drug-likeness (QED) is 0.843. The highest BCUT2D eigenvalue weighted by Gasteiger charge is 2.44. The van der Waals surface area contributed by atoms with Crippen LogP contribution in [-0.4, -0.2) is 36.0 Å². The molecule has 0 bridgehead atoms. The van der Waals surface area contributed by atoms with E-state index in [1.54, 1.807) is 4.90 Å². The van der Waals surface area contributed by atoms with Crippen LogP contribution in [-0.2, 0) is 4.79 Å². The largest absolute Gasteiger partial charge is 0.326 e. The van der Waals surface area contributed by atoms with Crippen molar-refractivity contribution >= 4 is 5.91 Å². The molecule has 0 aromatic heterocycles. The normalized spacial score (nSPS) is 29.4. The van der Waals surface area contributed by atoms with Crippen LogP contribution in [0.15, 0.2) is 0 Å². The van der Waals surface area contributed by atoms with E-state index in [2.05, 4.69) is 11.4 Å². The molecule has 3 fully saturated rings. The third-order valence-electron chi connectivity index (χ3n) is 5.27. The Kier molecular flexibility index (Phi) is 3.49. The zero-order chi connectivity index (χ0) is 13.3. The fraction of sp³-hybridized carbons (Fsp3) is 0.867. The van der Waals surface area contributed by atoms with E-state index in [1.165, 1.54) is 38.5 Å². The molecule has 1 aliphatic heterocycles. The van der Waals surface area contributed by atoms with Crippen LogP contribution in [0.5, 0.6) is 0 Å². The van der Waals surface area contributed by atoms with Gasteiger partial charge in [-0.15, -0.1) is 0 Å². The summed E-state index contributed by atoms with van der Waals surface area (Å²) >= 11 is 0. The van der Waals surface area contributed by atoms with Crippen LogP contribution in [0.25, 0.3) is 0 Å². The standard InChI is InChI=1S/C15H23N3O/c16-10-13-2-1-9-18(13)14(19)11-17-12-3-5-15(6-4-12)7-8-15/h12-13,17H,1-9,11H2/t13-/m0/s1. The first-order valence-corrected chi connectivity index (χ1v) is 7.65. The molecule has 4 heteroatoms. The summed E-state index contributed by atoms with van der Waals surface area (Å²) in [5.74, 6) is 0.107. The minimum Gasteiger partial charge on any atom is -0.326 e. The summed E-state index contributed by atoms with van der Waals surface area (Å²) in [6, 6.07) is 2.56. The maximum absolute atomic E-state index is 12.1. The van der Waals surface area contributed by atoms with Gasteiger partial charge in [0.1, 0.15) is 6.04 Å². The number of nitrogens with zero attached hydrogens (tertiary/aromatic N) is 2. The van der Waals surface area contributed by atoms with Gasteiger partial charge in [0.15, 0.2) is 0 Å². The lowest BCUT2D eigenvalue weighted by Crippen LogP contribution is -2.44. The summed E-state index contributed by atoms with van der Waals surface area (Å²) in [4.78, 5) is 13.9. The van der Waals surface area contributed by atoms with Gasteiger partial charge in [-0.2, -0.15) is 5.26 Å². The van der Waals surface area contributed by atoms with Crippen LogP contribution in [0.1, 0.15) is 51.4 Å². The fourth-order valence-corrected chi connectivity index (χ4v) is 3.64. The predicted octanol–water partition coefficient (Wildman–Crippen LogP) is 1.81. The fourth-order valence-electron chi connectivity index (χ4n) is 3.64. The zero-order valence-corrected chi connectivity index (χ0v) is 11.5. The second kappa shape index (κ2) is 5.13. The number of carbonyl (C=O) groups excluding carboxylic acids is 1. The lowest BCUT2D eigenvalue weighted by Gasteiger charge is -2.29. The second-order valence-corrected chi connectivity index (χ2v) is 6.53. The number of carbonyl (C=O) groups is 1. The van der Waals surface area contributed by atoms with E-state index in [9.17, 15) is 4.79 Å². The van der Waals surface area contributed by atoms with E-state index in [4.69, 9.17) is 5.26 Å². The van der Waals surface area contributed by atoms with Crippen molar-refractivity contribution in [3.8, 4) is 6.07 Å². The molecule has 1 amide bonds. The molecule has 0 aromatic carbocycles. The maximum atomic E-state index is 12.1. The van der Waals surface area contributed by atoms with Gasteiger partial charge >= 0.3 is 0 Å². The summed E-state index contributed by atoms with van der Waals surface area (Å²) in [5, 5.41) is 12.4. The average Bonchev–Trinajstić information content (AvgIpc) is 3.03. The summed E-state index contributed by atoms with van der Waals surface area (Å²) < 4.78 is 0. The second-order valence-electron chi connectivity index (χ2n) is 6.53. The van der Waals surface area contributed by atoms with E-state index in [0.717, 1.165) is 19.4 Å². The van der Waals surface area contributed by atoms with Crippen LogP contribution < -0.4 is 5.32 Å². The lowest BCUT2D eigenvalue weighted by molar-refractivity contribution is -0.130. The Morgan fingerprint density at radius 2 is 2.00 bits per heavy atom. The molecule has 1 spiro atoms. The topological polar surface area (TPSA) is 56.1 Å². The van der Waals surface area contributed by atoms with E-state index in [-0.39, 0.29) is 11.9 Å². The van der Waals surface area contributed by atoms with Crippen molar-refractivity contribution in [3.63, 3.8) is 0 Å². The van der Waals surface area contributed by atoms with Crippen LogP contribution in [0, 0.1) is 16.7 Å². The van der Waals surface area contributed by atoms with Gasteiger partial charge in [0.2, 0.25) is 5.91 Å². The Balaban J connectivity index is 1.42. The summed E-state index contributed by atoms with van der Waals surface area (Å²) in [7, 11) is 0. The molecule has 4 nitrogen and oxygen atoms in total. The average molecular weight is 261 g/mol. The minimum absolute atomic E-state index is 0.107. The summed E-state index contributed by atoms with van der Waals surface area (Å²) in [6.07, 6.45) is 9.77. The molecule has 1 saturated heterocycles. The number of amides is 1. The molecule has 0 aromatic rings. The summed E-state index contributed by atoms with van der Waals surface area (Å²) in [5.41, 5.74) is 0.711. The molecule has 2 aliphatic carbocycles. The van der Waals surface area contributed by atoms with Gasteiger partial charge in [0.05, 0.1) is 12.6 Å². The van der Waals surface area contributed by atoms with Gasteiger partial charge in [-0.05, 0) is 56.8 Å². The van der Waals surface area contributed by atoms with Crippen molar-refractivity contribution in [1.82, 2.24) is 10.2 Å². The molecule has 3 rings (SSSR count). The molecular weight excluding hydrogens is 238 g/mol. The van der Waals surface area contributed by atoms with Gasteiger partial charge < -0.3 is 10.2 Å². The Hall–Kier alpha value is -1.08. The molecule has 3 aliphatic rings. The number of nitrogens with one attached hydrogen (secondary N) is 1. The number of likely N-dealkylation sites (tertiary alicyclic amines) is 1. The van der Waals surface area contributed by atoms with Gasteiger partial charge in [0, 0.05) is 12.6 Å². The first kappa shape index (κ1) is 12.9. The van der Waals surface area contributed by atoms with Crippen molar-refractivity contribution in [2.45, 2.75) is 63.5 Å². The Bertz CT molecular complexity index is 387. The van der Waals surface area contributed by atoms with E-state index in [1.807, 2.05) is 0 Å². The molecule has 104 valence electrons. The summed E-state index contributed by atoms with van der Waals surface area (Å²) in [6.45, 7) is 1.17. The van der Waals surface area contributed by atoms with Crippen molar-refractivity contribution in [2.75, 3.05) is 13.1 Å². The lowest BCUT2D eigenvalue weighted by atomic mass is 9.83. The van der Waals surface area contributed by atoms with E-state index in [0.29, 0.717) is 18.0 Å². The molecule has 2 saturated carbocycles. The molecule has 0 unspecified atom stereocenters. The van der Waals surface area contributed by atoms with Crippen molar-refractivity contribution in [3.05, 3.63) is 0 Å². The van der Waals surface area contributed by atoms with Crippen LogP contribution in [0.2, 0.25) is 0 Å². The first-order chi connectivity index (χ1) is 9.22. The third-order valence-corrected chi connectivity index (χ3v) is 5.27. The Labute approximate surface area is 115 Å². The molecule has 1 heterocycles. The van der Waals surface area contributed by atoms with Crippen LogP contribution >= 0.6 is 0 Å². The van der Waals surface area contributed by atoms with Crippen molar-refractivity contribution < 1.29 is 4.79 Å². The highest BCUT2D eigenvalue weighted by atomic mass is 16.2. The van der Waals surface area contributed by atoms with Crippen molar-refractivity contribution in [1.29, 1.82) is 5.26 Å². The zero-order valence-electron chi connectivity index (χ0n) is 11.5. The third kappa shape index (κ3) is 2.76. The molecule has 19 heavy (non-hydrogen) atoms. The van der Waals surface area contributed by atoms with E-state index >= 15 is 0 Å². The minimum atomic E-state index is -0.185. The number of hydrogen-bond donors (Lipinski definition) is 1. The number of hydrogen-bond acceptors (Lipinski definition) is 3. The molecular formula is C15H23N3O. The maximum Gasteiger partial charge on any atom is 0.237 e. The Morgan fingerprint density at radius 3 is 2.63 bits per heavy atom. The monoisotopic (exact) mass is 261 g/mol. The van der Waals surface area contributed by atoms with Gasteiger partial charge in [-0.3, -0.25) is 4.79 Å². The number of nitriles is 1. The van der Waals surface area contributed by atoms with Crippen molar-refractivity contribution in [2.24, 2.45) is 5.41 Å². The molecule has 1 atom stereocenters. The van der Waals surface area contributed by atoms with Crippen LogP contribution in [0.3, 0.4) is 0 Å². The molecule has 1 N–H and O–H groups in total. The van der Waals surface area contributed by atoms with Crippen LogP contribution in [0.4, 0.5) is 0 Å². The molecule has 0 radical (unpaired) electrons. The highest BCUT2D eigenvalue weighted by Crippen LogP contribution is 2.56. The van der Waals surface area contributed by atoms with Gasteiger partial charge in [0.25, 0.3) is 0 Å².